The van der Waals surface area contributed by atoms with Gasteiger partial charge in [-0.1, -0.05) is 23.7 Å². The number of hydrogen-bond donors (Lipinski definition) is 1. The number of imidazole rings is 1. The molecule has 0 atom stereocenters. The van der Waals surface area contributed by atoms with Gasteiger partial charge in [0.2, 0.25) is 0 Å². The van der Waals surface area contributed by atoms with Crippen LogP contribution in [0.25, 0.3) is 0 Å². The zero-order valence-electron chi connectivity index (χ0n) is 12.2. The van der Waals surface area contributed by atoms with E-state index in [0.717, 1.165) is 23.7 Å². The summed E-state index contributed by atoms with van der Waals surface area (Å²) in [7, 11) is 0. The van der Waals surface area contributed by atoms with Crippen molar-refractivity contribution in [3.05, 3.63) is 71.3 Å². The van der Waals surface area contributed by atoms with E-state index >= 15 is 0 Å². The number of ether oxygens (including phenoxy) is 1. The smallest absolute Gasteiger partial charge is 0.146 e. The maximum Gasteiger partial charge on any atom is 0.146 e. The molecule has 0 amide bonds. The van der Waals surface area contributed by atoms with E-state index in [-0.39, 0.29) is 0 Å². The second kappa shape index (κ2) is 6.12. The third-order valence-electron chi connectivity index (χ3n) is 3.36. The lowest BCUT2D eigenvalue weighted by Crippen LogP contribution is -2.00. The molecule has 0 radical (unpaired) electrons. The topological polar surface area (TPSA) is 53.1 Å². The zero-order chi connectivity index (χ0) is 15.5. The van der Waals surface area contributed by atoms with Crippen LogP contribution < -0.4 is 10.5 Å². The van der Waals surface area contributed by atoms with Gasteiger partial charge in [0, 0.05) is 24.6 Å². The molecule has 22 heavy (non-hydrogen) atoms. The monoisotopic (exact) mass is 313 g/mol. The van der Waals surface area contributed by atoms with Crippen molar-refractivity contribution in [3.63, 3.8) is 0 Å². The highest BCUT2D eigenvalue weighted by atomic mass is 35.5. The van der Waals surface area contributed by atoms with Crippen molar-refractivity contribution in [2.24, 2.45) is 0 Å². The summed E-state index contributed by atoms with van der Waals surface area (Å²) in [6.45, 7) is 2.73. The van der Waals surface area contributed by atoms with Gasteiger partial charge >= 0.3 is 0 Å². The number of nitrogens with two attached hydrogens (primary N) is 1. The Bertz CT molecular complexity index is 798. The number of rotatable bonds is 4. The van der Waals surface area contributed by atoms with Crippen LogP contribution in [0, 0.1) is 6.92 Å². The van der Waals surface area contributed by atoms with Crippen LogP contribution in [-0.4, -0.2) is 9.55 Å². The quantitative estimate of drug-likeness (QED) is 0.732. The van der Waals surface area contributed by atoms with E-state index in [4.69, 9.17) is 22.1 Å². The first-order valence-corrected chi connectivity index (χ1v) is 7.29. The van der Waals surface area contributed by atoms with Crippen LogP contribution in [0.2, 0.25) is 5.02 Å². The van der Waals surface area contributed by atoms with E-state index in [1.54, 1.807) is 24.4 Å². The molecule has 0 bridgehead atoms. The van der Waals surface area contributed by atoms with Crippen LogP contribution in [0.15, 0.2) is 54.9 Å². The Morgan fingerprint density at radius 2 is 2.09 bits per heavy atom. The maximum atomic E-state index is 6.14. The largest absolute Gasteiger partial charge is 0.456 e. The lowest BCUT2D eigenvalue weighted by molar-refractivity contribution is 0.482. The molecule has 0 aliphatic carbocycles. The summed E-state index contributed by atoms with van der Waals surface area (Å²) in [5.74, 6) is 2.31. The first-order chi connectivity index (χ1) is 10.6. The molecule has 0 unspecified atom stereocenters. The summed E-state index contributed by atoms with van der Waals surface area (Å²) >= 11 is 6.14. The van der Waals surface area contributed by atoms with E-state index in [1.165, 1.54) is 0 Å². The average molecular weight is 314 g/mol. The van der Waals surface area contributed by atoms with Crippen LogP contribution in [0.5, 0.6) is 11.5 Å². The van der Waals surface area contributed by atoms with E-state index in [2.05, 4.69) is 15.6 Å². The number of aryl methyl sites for hydroxylation is 1. The Kier molecular flexibility index (Phi) is 4.02. The van der Waals surface area contributed by atoms with E-state index in [0.29, 0.717) is 16.5 Å². The summed E-state index contributed by atoms with van der Waals surface area (Å²) in [4.78, 5) is 4.23. The van der Waals surface area contributed by atoms with Crippen LogP contribution >= 0.6 is 11.6 Å². The van der Waals surface area contributed by atoms with Gasteiger partial charge in [0.15, 0.2) is 0 Å². The highest BCUT2D eigenvalue weighted by molar-refractivity contribution is 6.32. The molecule has 112 valence electrons. The van der Waals surface area contributed by atoms with Crippen molar-refractivity contribution in [3.8, 4) is 11.5 Å². The Labute approximate surface area is 134 Å². The van der Waals surface area contributed by atoms with Crippen LogP contribution in [0.3, 0.4) is 0 Å². The van der Waals surface area contributed by atoms with Gasteiger partial charge in [-0.15, -0.1) is 0 Å². The highest BCUT2D eigenvalue weighted by Crippen LogP contribution is 2.31. The second-order valence-corrected chi connectivity index (χ2v) is 5.45. The second-order valence-electron chi connectivity index (χ2n) is 5.04. The van der Waals surface area contributed by atoms with Gasteiger partial charge in [0.1, 0.15) is 17.3 Å². The summed E-state index contributed by atoms with van der Waals surface area (Å²) in [5.41, 5.74) is 7.43. The number of benzene rings is 2. The molecular formula is C17H16ClN3O. The normalized spacial score (nSPS) is 10.6. The number of nitrogen functional groups attached to an aromatic ring is 1. The van der Waals surface area contributed by atoms with Gasteiger partial charge in [0.05, 0.1) is 5.02 Å². The molecule has 2 N–H and O–H groups in total. The summed E-state index contributed by atoms with van der Waals surface area (Å²) < 4.78 is 7.92. The molecule has 2 aromatic carbocycles. The molecule has 3 rings (SSSR count). The van der Waals surface area contributed by atoms with Crippen molar-refractivity contribution < 1.29 is 4.74 Å². The van der Waals surface area contributed by atoms with Gasteiger partial charge < -0.3 is 15.0 Å². The Hall–Kier alpha value is -2.46. The minimum atomic E-state index is 0.496. The Morgan fingerprint density at radius 3 is 2.82 bits per heavy atom. The number of halogens is 1. The van der Waals surface area contributed by atoms with Gasteiger partial charge in [0.25, 0.3) is 0 Å². The van der Waals surface area contributed by atoms with Crippen LogP contribution in [0.1, 0.15) is 11.4 Å². The molecule has 3 aromatic rings. The summed E-state index contributed by atoms with van der Waals surface area (Å²) in [6, 6.07) is 13.1. The maximum absolute atomic E-state index is 6.14. The molecule has 0 aliphatic heterocycles. The van der Waals surface area contributed by atoms with Crippen LogP contribution in [-0.2, 0) is 6.54 Å². The predicted molar refractivity (Wildman–Crippen MR) is 88.4 cm³/mol. The number of aromatic nitrogens is 2. The first-order valence-electron chi connectivity index (χ1n) is 6.91. The van der Waals surface area contributed by atoms with Crippen molar-refractivity contribution in [1.82, 2.24) is 9.55 Å². The molecule has 1 aromatic heterocycles. The van der Waals surface area contributed by atoms with Crippen molar-refractivity contribution in [2.75, 3.05) is 5.73 Å². The highest BCUT2D eigenvalue weighted by Gasteiger charge is 2.05. The van der Waals surface area contributed by atoms with E-state index in [9.17, 15) is 0 Å². The lowest BCUT2D eigenvalue weighted by Gasteiger charge is -2.10. The summed E-state index contributed by atoms with van der Waals surface area (Å²) in [5, 5.41) is 0.496. The molecule has 5 heteroatoms. The van der Waals surface area contributed by atoms with E-state index < -0.39 is 0 Å². The van der Waals surface area contributed by atoms with Crippen LogP contribution in [0.4, 0.5) is 5.69 Å². The molecule has 0 spiro atoms. The fourth-order valence-corrected chi connectivity index (χ4v) is 2.43. The predicted octanol–water partition coefficient (Wildman–Crippen LogP) is 4.27. The van der Waals surface area contributed by atoms with Gasteiger partial charge in [-0.05, 0) is 42.8 Å². The number of hydrogen-bond acceptors (Lipinski definition) is 3. The SMILES string of the molecule is Cc1nccn1Cc1cccc(Oc2ccc(N)cc2Cl)c1. The fraction of sp³-hybridized carbons (Fsp3) is 0.118. The molecule has 1 heterocycles. The molecule has 0 aliphatic rings. The summed E-state index contributed by atoms with van der Waals surface area (Å²) in [6.07, 6.45) is 3.75. The standard InChI is InChI=1S/C17H16ClN3O/c1-12-20-7-8-21(12)11-13-3-2-4-15(9-13)22-17-6-5-14(19)10-16(17)18/h2-10H,11,19H2,1H3. The minimum Gasteiger partial charge on any atom is -0.456 e. The molecule has 4 nitrogen and oxygen atoms in total. The molecule has 0 saturated heterocycles. The Balaban J connectivity index is 1.80. The minimum absolute atomic E-state index is 0.496. The zero-order valence-corrected chi connectivity index (χ0v) is 12.9. The molecular weight excluding hydrogens is 298 g/mol. The van der Waals surface area contributed by atoms with Crippen molar-refractivity contribution in [2.45, 2.75) is 13.5 Å². The number of nitrogens with zero attached hydrogens (tertiary/aromatic N) is 2. The van der Waals surface area contributed by atoms with Gasteiger partial charge in [-0.2, -0.15) is 0 Å². The van der Waals surface area contributed by atoms with E-state index in [1.807, 2.05) is 31.3 Å². The van der Waals surface area contributed by atoms with Crippen molar-refractivity contribution >= 4 is 17.3 Å². The Morgan fingerprint density at radius 1 is 1.23 bits per heavy atom. The lowest BCUT2D eigenvalue weighted by atomic mass is 10.2. The number of anilines is 1. The van der Waals surface area contributed by atoms with Gasteiger partial charge in [-0.25, -0.2) is 4.98 Å². The average Bonchev–Trinajstić information content (AvgIpc) is 2.88. The van der Waals surface area contributed by atoms with Gasteiger partial charge in [-0.3, -0.25) is 0 Å². The molecule has 0 fully saturated rings. The molecule has 0 saturated carbocycles. The third kappa shape index (κ3) is 3.23. The van der Waals surface area contributed by atoms with Crippen molar-refractivity contribution in [1.29, 1.82) is 0 Å². The first kappa shape index (κ1) is 14.5. The third-order valence-corrected chi connectivity index (χ3v) is 3.65. The fourth-order valence-electron chi connectivity index (χ4n) is 2.20.